The normalized spacial score (nSPS) is 19.0. The molecule has 0 amide bonds. The second-order valence-corrected chi connectivity index (χ2v) is 16.0. The summed E-state index contributed by atoms with van der Waals surface area (Å²) in [5.41, 5.74) is 3.10. The summed E-state index contributed by atoms with van der Waals surface area (Å²) in [6, 6.07) is 28.6. The number of phenolic OH excluding ortho intramolecular Hbond substituents is 1. The molecule has 1 aliphatic carbocycles. The number of nitrogens with one attached hydrogen (secondary N) is 3. The topological polar surface area (TPSA) is 144 Å². The number of aliphatic hydroxyl groups is 1. The van der Waals surface area contributed by atoms with Crippen LogP contribution in [-0.4, -0.2) is 64.1 Å². The van der Waals surface area contributed by atoms with Crippen LogP contribution in [0.4, 0.5) is 0 Å². The van der Waals surface area contributed by atoms with Gasteiger partial charge in [-0.25, -0.2) is 4.79 Å². The summed E-state index contributed by atoms with van der Waals surface area (Å²) in [5, 5.41) is 28.4. The summed E-state index contributed by atoms with van der Waals surface area (Å²) in [4.78, 5) is 45.7. The lowest BCUT2D eigenvalue weighted by molar-refractivity contribution is -0.160. The molecule has 5 N–H and O–H groups in total. The van der Waals surface area contributed by atoms with Gasteiger partial charge in [-0.3, -0.25) is 19.8 Å². The van der Waals surface area contributed by atoms with Crippen LogP contribution in [0.1, 0.15) is 87.9 Å². The van der Waals surface area contributed by atoms with Crippen LogP contribution in [0.5, 0.6) is 5.75 Å². The molecule has 7 rings (SSSR count). The number of hydrogen-bond donors (Lipinski definition) is 5. The molecule has 2 aliphatic rings. The average molecular weight is 763 g/mol. The number of pyridine rings is 1. The smallest absolute Gasteiger partial charge is 0.331 e. The molecule has 3 aromatic carbocycles. The van der Waals surface area contributed by atoms with Crippen LogP contribution >= 0.6 is 11.3 Å². The van der Waals surface area contributed by atoms with Crippen LogP contribution in [0.3, 0.4) is 0 Å². The Labute approximate surface area is 325 Å². The summed E-state index contributed by atoms with van der Waals surface area (Å²) in [6.07, 6.45) is 5.24. The first-order valence-electron chi connectivity index (χ1n) is 19.5. The van der Waals surface area contributed by atoms with Crippen LogP contribution < -0.4 is 16.2 Å². The molecule has 3 atom stereocenters. The van der Waals surface area contributed by atoms with Gasteiger partial charge >= 0.3 is 5.97 Å². The Kier molecular flexibility index (Phi) is 12.5. The van der Waals surface area contributed by atoms with Gasteiger partial charge in [0.25, 0.3) is 0 Å². The molecule has 0 spiro atoms. The van der Waals surface area contributed by atoms with E-state index >= 15 is 0 Å². The van der Waals surface area contributed by atoms with E-state index < -0.39 is 11.6 Å². The molecule has 3 heterocycles. The van der Waals surface area contributed by atoms with Gasteiger partial charge in [0.1, 0.15) is 17.4 Å². The van der Waals surface area contributed by atoms with E-state index in [1.165, 1.54) is 34.6 Å². The molecule has 1 saturated heterocycles. The second kappa shape index (κ2) is 17.9. The molecule has 11 heteroatoms. The van der Waals surface area contributed by atoms with Gasteiger partial charge in [0.2, 0.25) is 5.56 Å². The molecule has 5 aromatic rings. The molecular weight excluding hydrogens is 713 g/mol. The van der Waals surface area contributed by atoms with Crippen LogP contribution in [0, 0.1) is 0 Å². The van der Waals surface area contributed by atoms with Gasteiger partial charge < -0.3 is 25.3 Å². The fraction of sp³-hybridized carbons (Fsp3) is 0.386. The number of Topliss-reactive ketones (excluding diaryl/α,β-unsaturated/α-hetero) is 1. The molecule has 1 unspecified atom stereocenters. The predicted molar refractivity (Wildman–Crippen MR) is 215 cm³/mol. The third-order valence-electron chi connectivity index (χ3n) is 10.9. The minimum absolute atomic E-state index is 0.0381. The Bertz CT molecular complexity index is 2150. The first-order chi connectivity index (χ1) is 26.8. The standard InChI is InChI=1S/C44H50N4O6S/c49-37(15-5-2-8-24-45-27-39(51)34-17-19-38(50)42-35(34)18-21-41(52)47-42)40-20-16-33(55-40)26-46-44(23-22-31-12-6-7-14-36(31)44)43(53)54-32-13-9-25-48(29-32)28-30-10-3-1-4-11-30/h1,3-4,6-7,10-12,14,16-21,32,39,45-46,50-51H,2,5,8-9,13,15,22-29H2,(H,47,52)/t32-,39+,44?/m1/s1. The van der Waals surface area contributed by atoms with E-state index in [2.05, 4.69) is 50.8 Å². The fourth-order valence-electron chi connectivity index (χ4n) is 8.02. The van der Waals surface area contributed by atoms with E-state index in [1.54, 1.807) is 12.1 Å². The molecule has 288 valence electrons. The van der Waals surface area contributed by atoms with Crippen molar-refractivity contribution in [3.05, 3.63) is 133 Å². The highest BCUT2D eigenvalue weighted by Gasteiger charge is 2.47. The lowest BCUT2D eigenvalue weighted by Gasteiger charge is -2.36. The van der Waals surface area contributed by atoms with Crippen molar-refractivity contribution in [3.8, 4) is 5.75 Å². The zero-order valence-corrected chi connectivity index (χ0v) is 31.9. The molecule has 2 aromatic heterocycles. The summed E-state index contributed by atoms with van der Waals surface area (Å²) >= 11 is 1.48. The van der Waals surface area contributed by atoms with Crippen molar-refractivity contribution in [2.24, 2.45) is 0 Å². The Balaban J connectivity index is 0.873. The van der Waals surface area contributed by atoms with E-state index in [-0.39, 0.29) is 29.2 Å². The number of thiophene rings is 1. The fourth-order valence-corrected chi connectivity index (χ4v) is 8.94. The third kappa shape index (κ3) is 9.25. The maximum atomic E-state index is 14.2. The molecular formula is C44H50N4O6S. The number of aromatic amines is 1. The van der Waals surface area contributed by atoms with Crippen molar-refractivity contribution in [1.29, 1.82) is 0 Å². The van der Waals surface area contributed by atoms with Crippen molar-refractivity contribution in [3.63, 3.8) is 0 Å². The van der Waals surface area contributed by atoms with Gasteiger partial charge in [-0.15, -0.1) is 11.3 Å². The molecule has 1 aliphatic heterocycles. The number of aromatic nitrogens is 1. The number of ketones is 1. The molecule has 0 bridgehead atoms. The van der Waals surface area contributed by atoms with Crippen LogP contribution in [0.15, 0.2) is 95.8 Å². The van der Waals surface area contributed by atoms with Crippen molar-refractivity contribution < 1.29 is 24.5 Å². The maximum absolute atomic E-state index is 14.2. The van der Waals surface area contributed by atoms with E-state index in [4.69, 9.17) is 4.74 Å². The Hall–Kier alpha value is -4.65. The number of unbranched alkanes of at least 4 members (excludes halogenated alkanes) is 2. The van der Waals surface area contributed by atoms with Crippen molar-refractivity contribution in [1.82, 2.24) is 20.5 Å². The number of rotatable bonds is 17. The van der Waals surface area contributed by atoms with Gasteiger partial charge in [0.05, 0.1) is 16.5 Å². The average Bonchev–Trinajstić information content (AvgIpc) is 3.83. The van der Waals surface area contributed by atoms with E-state index in [9.17, 15) is 24.6 Å². The number of aryl methyl sites for hydroxylation is 1. The monoisotopic (exact) mass is 762 g/mol. The highest BCUT2D eigenvalue weighted by molar-refractivity contribution is 7.14. The number of aromatic hydroxyl groups is 1. The number of benzene rings is 3. The first kappa shape index (κ1) is 38.6. The van der Waals surface area contributed by atoms with Gasteiger partial charge in [-0.1, -0.05) is 67.1 Å². The quantitative estimate of drug-likeness (QED) is 0.0408. The number of carbonyl (C=O) groups is 2. The van der Waals surface area contributed by atoms with Gasteiger partial charge in [-0.05, 0) is 98.1 Å². The Morgan fingerprint density at radius 2 is 1.82 bits per heavy atom. The largest absolute Gasteiger partial charge is 0.506 e. The number of fused-ring (bicyclic) bond motifs is 2. The molecule has 1 fully saturated rings. The zero-order valence-electron chi connectivity index (χ0n) is 31.1. The van der Waals surface area contributed by atoms with Crippen molar-refractivity contribution in [2.75, 3.05) is 26.2 Å². The van der Waals surface area contributed by atoms with Crippen LogP contribution in [0.25, 0.3) is 10.9 Å². The predicted octanol–water partition coefficient (Wildman–Crippen LogP) is 6.50. The summed E-state index contributed by atoms with van der Waals surface area (Å²) < 4.78 is 6.34. The second-order valence-electron chi connectivity index (χ2n) is 14.8. The minimum Gasteiger partial charge on any atom is -0.506 e. The van der Waals surface area contributed by atoms with Gasteiger partial charge in [-0.2, -0.15) is 0 Å². The van der Waals surface area contributed by atoms with Crippen molar-refractivity contribution in [2.45, 2.75) is 82.2 Å². The summed E-state index contributed by atoms with van der Waals surface area (Å²) in [7, 11) is 0. The molecule has 10 nitrogen and oxygen atoms in total. The van der Waals surface area contributed by atoms with E-state index in [1.807, 2.05) is 36.4 Å². The number of H-pyrrole nitrogens is 1. The van der Waals surface area contributed by atoms with E-state index in [0.29, 0.717) is 48.9 Å². The summed E-state index contributed by atoms with van der Waals surface area (Å²) in [5.74, 6) is -0.134. The zero-order chi connectivity index (χ0) is 38.2. The number of nitrogens with zero attached hydrogens (tertiary/aromatic N) is 1. The number of aliphatic hydroxyl groups excluding tert-OH is 1. The van der Waals surface area contributed by atoms with Gasteiger partial charge in [0.15, 0.2) is 5.78 Å². The Morgan fingerprint density at radius 1 is 0.982 bits per heavy atom. The first-order valence-corrected chi connectivity index (χ1v) is 20.3. The summed E-state index contributed by atoms with van der Waals surface area (Å²) in [6.45, 7) is 4.02. The van der Waals surface area contributed by atoms with Crippen molar-refractivity contribution >= 4 is 34.0 Å². The molecule has 0 radical (unpaired) electrons. The highest BCUT2D eigenvalue weighted by atomic mass is 32.1. The number of hydrogen-bond acceptors (Lipinski definition) is 10. The van der Waals surface area contributed by atoms with Gasteiger partial charge in [0, 0.05) is 48.9 Å². The van der Waals surface area contributed by atoms with E-state index in [0.717, 1.165) is 73.5 Å². The minimum atomic E-state index is -0.936. The maximum Gasteiger partial charge on any atom is 0.331 e. The molecule has 55 heavy (non-hydrogen) atoms. The highest BCUT2D eigenvalue weighted by Crippen LogP contribution is 2.39. The number of ether oxygens (including phenoxy) is 1. The number of phenols is 1. The SMILES string of the molecule is O=C(CCCCCNC[C@H](O)c1ccc(O)c2[nH]c(=O)ccc12)c1ccc(CNC2(C(=O)O[C@@H]3CCCN(Cc4ccccc4)C3)CCc3ccccc32)s1. The van der Waals surface area contributed by atoms with Crippen LogP contribution in [0.2, 0.25) is 0 Å². The number of piperidine rings is 1. The lowest BCUT2D eigenvalue weighted by atomic mass is 9.91. The number of esters is 1. The number of carbonyl (C=O) groups excluding carboxylic acids is 2. The lowest BCUT2D eigenvalue weighted by Crippen LogP contribution is -2.51. The third-order valence-corrected chi connectivity index (χ3v) is 12.1. The molecule has 0 saturated carbocycles. The Morgan fingerprint density at radius 3 is 2.69 bits per heavy atom. The van der Waals surface area contributed by atoms with Crippen LogP contribution in [-0.2, 0) is 34.6 Å². The number of likely N-dealkylation sites (tertiary alicyclic amines) is 1.